The molecule has 0 aliphatic carbocycles. The highest BCUT2D eigenvalue weighted by Crippen LogP contribution is 2.18. The number of carbonyl (C=O) groups is 1. The molecule has 29 heavy (non-hydrogen) atoms. The number of hydrogen-bond donors (Lipinski definition) is 1. The second-order valence-electron chi connectivity index (χ2n) is 7.72. The summed E-state index contributed by atoms with van der Waals surface area (Å²) in [5, 5.41) is 6.81. The molecule has 0 spiro atoms. The number of likely N-dealkylation sites (tertiary alicyclic amines) is 1. The van der Waals surface area contributed by atoms with Crippen LogP contribution in [-0.4, -0.2) is 34.0 Å². The third-order valence-corrected chi connectivity index (χ3v) is 5.40. The van der Waals surface area contributed by atoms with Gasteiger partial charge in [-0.15, -0.1) is 0 Å². The average molecular weight is 390 g/mol. The topological polar surface area (TPSA) is 71.3 Å². The first kappa shape index (κ1) is 19.3. The first-order chi connectivity index (χ1) is 14.2. The minimum Gasteiger partial charge on any atom is -0.343 e. The summed E-state index contributed by atoms with van der Waals surface area (Å²) < 4.78 is 5.24. The van der Waals surface area contributed by atoms with E-state index < -0.39 is 0 Å². The molecule has 1 aliphatic rings. The Labute approximate surface area is 170 Å². The summed E-state index contributed by atoms with van der Waals surface area (Å²) in [6.07, 6.45) is 2.53. The van der Waals surface area contributed by atoms with Crippen LogP contribution in [0.25, 0.3) is 11.4 Å². The van der Waals surface area contributed by atoms with E-state index in [-0.39, 0.29) is 12.5 Å². The molecule has 2 heterocycles. The fourth-order valence-electron chi connectivity index (χ4n) is 3.53. The van der Waals surface area contributed by atoms with Crippen molar-refractivity contribution >= 4 is 5.91 Å². The number of carbonyl (C=O) groups excluding carboxylic acids is 1. The number of rotatable bonds is 6. The molecular weight excluding hydrogens is 364 g/mol. The van der Waals surface area contributed by atoms with Gasteiger partial charge in [0.1, 0.15) is 0 Å². The van der Waals surface area contributed by atoms with Gasteiger partial charge in [-0.05, 0) is 49.5 Å². The molecule has 0 radical (unpaired) electrons. The number of aromatic nitrogens is 2. The Morgan fingerprint density at radius 3 is 2.55 bits per heavy atom. The van der Waals surface area contributed by atoms with Crippen LogP contribution in [0.5, 0.6) is 0 Å². The van der Waals surface area contributed by atoms with Crippen molar-refractivity contribution in [2.45, 2.75) is 32.9 Å². The molecule has 1 aliphatic heterocycles. The van der Waals surface area contributed by atoms with E-state index in [4.69, 9.17) is 4.52 Å². The van der Waals surface area contributed by atoms with E-state index in [1.165, 1.54) is 18.4 Å². The van der Waals surface area contributed by atoms with Crippen LogP contribution in [0.3, 0.4) is 0 Å². The van der Waals surface area contributed by atoms with Crippen molar-refractivity contribution in [1.82, 2.24) is 20.4 Å². The lowest BCUT2D eigenvalue weighted by molar-refractivity contribution is 0.0946. The molecular formula is C23H26N4O2. The predicted octanol–water partition coefficient (Wildman–Crippen LogP) is 3.90. The molecule has 1 saturated heterocycles. The van der Waals surface area contributed by atoms with Crippen molar-refractivity contribution in [1.29, 1.82) is 0 Å². The highest BCUT2D eigenvalue weighted by atomic mass is 16.5. The molecule has 1 fully saturated rings. The van der Waals surface area contributed by atoms with Crippen LogP contribution in [-0.2, 0) is 13.1 Å². The molecule has 0 atom stereocenters. The molecule has 1 aromatic heterocycles. The first-order valence-electron chi connectivity index (χ1n) is 10.1. The summed E-state index contributed by atoms with van der Waals surface area (Å²) in [5.74, 6) is 1.59. The third-order valence-electron chi connectivity index (χ3n) is 5.40. The Morgan fingerprint density at radius 1 is 1.10 bits per heavy atom. The van der Waals surface area contributed by atoms with Crippen LogP contribution >= 0.6 is 0 Å². The molecule has 6 heteroatoms. The van der Waals surface area contributed by atoms with Crippen molar-refractivity contribution in [3.8, 4) is 11.4 Å². The van der Waals surface area contributed by atoms with Gasteiger partial charge < -0.3 is 9.84 Å². The molecule has 3 aromatic rings. The fraction of sp³-hybridized carbons (Fsp3) is 0.348. The number of nitrogens with zero attached hydrogens (tertiary/aromatic N) is 3. The molecule has 1 N–H and O–H groups in total. The molecule has 1 amide bonds. The van der Waals surface area contributed by atoms with Crippen LogP contribution in [0.1, 0.15) is 41.6 Å². The smallest absolute Gasteiger partial charge is 0.251 e. The number of hydrogen-bond acceptors (Lipinski definition) is 5. The Kier molecular flexibility index (Phi) is 6.00. The zero-order chi connectivity index (χ0) is 20.1. The van der Waals surface area contributed by atoms with E-state index in [1.54, 1.807) is 0 Å². The summed E-state index contributed by atoms with van der Waals surface area (Å²) in [4.78, 5) is 19.2. The van der Waals surface area contributed by atoms with Gasteiger partial charge in [0.15, 0.2) is 0 Å². The van der Waals surface area contributed by atoms with Gasteiger partial charge in [0, 0.05) is 17.7 Å². The van der Waals surface area contributed by atoms with Crippen LogP contribution < -0.4 is 5.32 Å². The maximum Gasteiger partial charge on any atom is 0.251 e. The molecule has 150 valence electrons. The van der Waals surface area contributed by atoms with E-state index in [0.29, 0.717) is 17.3 Å². The number of nitrogens with one attached hydrogen (secondary N) is 1. The minimum absolute atomic E-state index is 0.150. The lowest BCUT2D eigenvalue weighted by atomic mass is 9.99. The zero-order valence-corrected chi connectivity index (χ0v) is 16.7. The molecule has 0 unspecified atom stereocenters. The second kappa shape index (κ2) is 9.01. The van der Waals surface area contributed by atoms with Gasteiger partial charge >= 0.3 is 0 Å². The number of benzene rings is 2. The standard InChI is InChI=1S/C23H26N4O2/c1-17-11-13-27(14-12-17)16-18-7-9-20(10-8-18)23(28)24-15-21-25-22(26-29-21)19-5-3-2-4-6-19/h2-10,17H,11-16H2,1H3,(H,24,28). The van der Waals surface area contributed by atoms with E-state index >= 15 is 0 Å². The van der Waals surface area contributed by atoms with E-state index in [9.17, 15) is 4.79 Å². The van der Waals surface area contributed by atoms with Crippen LogP contribution in [0.2, 0.25) is 0 Å². The van der Waals surface area contributed by atoms with Gasteiger partial charge in [-0.3, -0.25) is 9.69 Å². The fourth-order valence-corrected chi connectivity index (χ4v) is 3.53. The maximum atomic E-state index is 12.4. The Bertz CT molecular complexity index is 929. The van der Waals surface area contributed by atoms with Crippen molar-refractivity contribution < 1.29 is 9.32 Å². The van der Waals surface area contributed by atoms with Gasteiger partial charge in [0.05, 0.1) is 6.54 Å². The van der Waals surface area contributed by atoms with E-state index in [2.05, 4.69) is 27.3 Å². The Balaban J connectivity index is 1.29. The van der Waals surface area contributed by atoms with Gasteiger partial charge in [-0.25, -0.2) is 0 Å². The minimum atomic E-state index is -0.150. The molecule has 0 saturated carbocycles. The van der Waals surface area contributed by atoms with Crippen molar-refractivity contribution in [3.63, 3.8) is 0 Å². The predicted molar refractivity (Wildman–Crippen MR) is 111 cm³/mol. The number of piperidine rings is 1. The van der Waals surface area contributed by atoms with Crippen LogP contribution in [0.4, 0.5) is 0 Å². The average Bonchev–Trinajstić information content (AvgIpc) is 3.24. The van der Waals surface area contributed by atoms with Gasteiger partial charge in [-0.1, -0.05) is 54.5 Å². The first-order valence-corrected chi connectivity index (χ1v) is 10.1. The van der Waals surface area contributed by atoms with Crippen LogP contribution in [0, 0.1) is 5.92 Å². The Morgan fingerprint density at radius 2 is 1.83 bits per heavy atom. The van der Waals surface area contributed by atoms with Crippen LogP contribution in [0.15, 0.2) is 59.1 Å². The molecule has 6 nitrogen and oxygen atoms in total. The summed E-state index contributed by atoms with van der Waals surface area (Å²) in [6, 6.07) is 17.4. The highest BCUT2D eigenvalue weighted by molar-refractivity contribution is 5.94. The van der Waals surface area contributed by atoms with E-state index in [0.717, 1.165) is 31.1 Å². The zero-order valence-electron chi connectivity index (χ0n) is 16.7. The third kappa shape index (κ3) is 5.09. The van der Waals surface area contributed by atoms with Gasteiger partial charge in [0.25, 0.3) is 5.91 Å². The van der Waals surface area contributed by atoms with E-state index in [1.807, 2.05) is 54.6 Å². The maximum absolute atomic E-state index is 12.4. The van der Waals surface area contributed by atoms with Gasteiger partial charge in [-0.2, -0.15) is 4.98 Å². The van der Waals surface area contributed by atoms with Gasteiger partial charge in [0.2, 0.25) is 11.7 Å². The summed E-state index contributed by atoms with van der Waals surface area (Å²) in [6.45, 7) is 5.77. The molecule has 4 rings (SSSR count). The monoisotopic (exact) mass is 390 g/mol. The van der Waals surface area contributed by atoms with Crippen molar-refractivity contribution in [2.24, 2.45) is 5.92 Å². The largest absolute Gasteiger partial charge is 0.343 e. The summed E-state index contributed by atoms with van der Waals surface area (Å²) in [7, 11) is 0. The quantitative estimate of drug-likeness (QED) is 0.691. The van der Waals surface area contributed by atoms with Crippen molar-refractivity contribution in [3.05, 3.63) is 71.6 Å². The summed E-state index contributed by atoms with van der Waals surface area (Å²) in [5.41, 5.74) is 2.75. The normalized spacial score (nSPS) is 15.3. The summed E-state index contributed by atoms with van der Waals surface area (Å²) >= 11 is 0. The Hall–Kier alpha value is -2.99. The lowest BCUT2D eigenvalue weighted by Crippen LogP contribution is -2.32. The molecule has 2 aromatic carbocycles. The second-order valence-corrected chi connectivity index (χ2v) is 7.72. The SMILES string of the molecule is CC1CCN(Cc2ccc(C(=O)NCc3nc(-c4ccccc4)no3)cc2)CC1. The molecule has 0 bridgehead atoms. The highest BCUT2D eigenvalue weighted by Gasteiger charge is 2.16. The van der Waals surface area contributed by atoms with Crippen molar-refractivity contribution in [2.75, 3.05) is 13.1 Å². The lowest BCUT2D eigenvalue weighted by Gasteiger charge is -2.30. The number of amides is 1.